The van der Waals surface area contributed by atoms with Crippen LogP contribution in [0.1, 0.15) is 26.2 Å². The maximum Gasteiger partial charge on any atom is 0.225 e. The van der Waals surface area contributed by atoms with E-state index in [9.17, 15) is 0 Å². The van der Waals surface area contributed by atoms with Gasteiger partial charge in [0.1, 0.15) is 0 Å². The Bertz CT molecular complexity index is 282. The lowest BCUT2D eigenvalue weighted by atomic mass is 10.0. The molecule has 0 aromatic heterocycles. The molecule has 1 nitrogen and oxygen atoms in total. The van der Waals surface area contributed by atoms with Crippen molar-refractivity contribution in [2.75, 3.05) is 0 Å². The molecule has 76 valence electrons. The molecule has 2 aliphatic carbocycles. The third kappa shape index (κ3) is 1.77. The summed E-state index contributed by atoms with van der Waals surface area (Å²) in [7, 11) is -1.29. The van der Waals surface area contributed by atoms with Crippen molar-refractivity contribution < 1.29 is 4.43 Å². The molecule has 0 amide bonds. The second-order valence-corrected chi connectivity index (χ2v) is 6.29. The van der Waals surface area contributed by atoms with Crippen LogP contribution in [0.25, 0.3) is 0 Å². The zero-order chi connectivity index (χ0) is 10.0. The van der Waals surface area contributed by atoms with Gasteiger partial charge < -0.3 is 4.43 Å². The molecule has 2 rings (SSSR count). The van der Waals surface area contributed by atoms with E-state index in [1.165, 1.54) is 19.3 Å². The van der Waals surface area contributed by atoms with Crippen molar-refractivity contribution in [2.45, 2.75) is 31.8 Å². The molecule has 3 atom stereocenters. The monoisotopic (exact) mass is 206 g/mol. The van der Waals surface area contributed by atoms with Gasteiger partial charge in [0.25, 0.3) is 0 Å². The van der Waals surface area contributed by atoms with Crippen LogP contribution in [-0.2, 0) is 4.43 Å². The second-order valence-electron chi connectivity index (χ2n) is 4.27. The van der Waals surface area contributed by atoms with Crippen molar-refractivity contribution >= 4 is 9.04 Å². The van der Waals surface area contributed by atoms with Crippen molar-refractivity contribution in [2.24, 2.45) is 5.92 Å². The van der Waals surface area contributed by atoms with Gasteiger partial charge in [-0.1, -0.05) is 29.6 Å². The minimum Gasteiger partial charge on any atom is -0.403 e. The average Bonchev–Trinajstić information content (AvgIpc) is 2.77. The van der Waals surface area contributed by atoms with Gasteiger partial charge in [0.15, 0.2) is 0 Å². The van der Waals surface area contributed by atoms with Gasteiger partial charge in [-0.25, -0.2) is 0 Å². The molecule has 0 heterocycles. The first kappa shape index (κ1) is 9.93. The fraction of sp³-hybridized carbons (Fsp3) is 0.500. The van der Waals surface area contributed by atoms with Crippen LogP contribution in [0.2, 0.25) is 0 Å². The summed E-state index contributed by atoms with van der Waals surface area (Å²) in [5.74, 6) is 0.792. The molecule has 14 heavy (non-hydrogen) atoms. The molecular weight excluding hydrogens is 188 g/mol. The Labute approximate surface area is 87.9 Å². The zero-order valence-electron chi connectivity index (χ0n) is 8.78. The molecule has 0 N–H and O–H groups in total. The summed E-state index contributed by atoms with van der Waals surface area (Å²) in [5, 5.41) is 0. The van der Waals surface area contributed by atoms with E-state index < -0.39 is 9.04 Å². The third-order valence-corrected chi connectivity index (χ3v) is 5.17. The third-order valence-electron chi connectivity index (χ3n) is 3.20. The zero-order valence-corrected chi connectivity index (χ0v) is 9.93. The summed E-state index contributed by atoms with van der Waals surface area (Å²) in [4.78, 5) is 0. The van der Waals surface area contributed by atoms with Crippen LogP contribution < -0.4 is 0 Å². The van der Waals surface area contributed by atoms with E-state index in [4.69, 9.17) is 4.43 Å². The maximum atomic E-state index is 6.23. The molecular formula is C12H18OSi. The largest absolute Gasteiger partial charge is 0.403 e. The smallest absolute Gasteiger partial charge is 0.225 e. The Kier molecular flexibility index (Phi) is 2.75. The van der Waals surface area contributed by atoms with E-state index in [1.807, 2.05) is 12.6 Å². The van der Waals surface area contributed by atoms with Crippen molar-refractivity contribution in [1.29, 1.82) is 0 Å². The summed E-state index contributed by atoms with van der Waals surface area (Å²) in [6, 6.07) is 0. The number of hydrogen-bond acceptors (Lipinski definition) is 1. The molecule has 1 saturated carbocycles. The average molecular weight is 206 g/mol. The number of hydrogen-bond donors (Lipinski definition) is 0. The van der Waals surface area contributed by atoms with E-state index in [1.54, 1.807) is 0 Å². The molecule has 0 aromatic carbocycles. The minimum atomic E-state index is -1.29. The van der Waals surface area contributed by atoms with Crippen LogP contribution in [0.15, 0.2) is 36.2 Å². The summed E-state index contributed by atoms with van der Waals surface area (Å²) >= 11 is 0. The van der Waals surface area contributed by atoms with Gasteiger partial charge in [-0.3, -0.25) is 0 Å². The molecule has 2 bridgehead atoms. The molecule has 1 fully saturated rings. The van der Waals surface area contributed by atoms with Crippen LogP contribution in [0.3, 0.4) is 0 Å². The van der Waals surface area contributed by atoms with E-state index in [2.05, 4.69) is 30.5 Å². The molecule has 3 unspecified atom stereocenters. The van der Waals surface area contributed by atoms with Gasteiger partial charge >= 0.3 is 0 Å². The van der Waals surface area contributed by atoms with Gasteiger partial charge in [0.2, 0.25) is 9.04 Å². The lowest BCUT2D eigenvalue weighted by Gasteiger charge is -2.27. The van der Waals surface area contributed by atoms with Crippen molar-refractivity contribution in [3.05, 3.63) is 36.2 Å². The Morgan fingerprint density at radius 1 is 1.64 bits per heavy atom. The van der Waals surface area contributed by atoms with Gasteiger partial charge in [0.05, 0.1) is 5.60 Å². The minimum absolute atomic E-state index is 0.0925. The lowest BCUT2D eigenvalue weighted by Crippen LogP contribution is -2.32. The first-order chi connectivity index (χ1) is 6.78. The van der Waals surface area contributed by atoms with Crippen molar-refractivity contribution in [3.63, 3.8) is 0 Å². The first-order valence-corrected chi connectivity index (χ1v) is 7.21. The van der Waals surface area contributed by atoms with E-state index in [0.29, 0.717) is 0 Å². The van der Waals surface area contributed by atoms with E-state index in [0.717, 1.165) is 5.92 Å². The highest BCUT2D eigenvalue weighted by Gasteiger charge is 2.42. The SMILES string of the molecule is C=C[SiH](C=CC)OC12C=CC(CC1)C2. The quantitative estimate of drug-likeness (QED) is 0.507. The van der Waals surface area contributed by atoms with Crippen LogP contribution in [-0.4, -0.2) is 14.6 Å². The maximum absolute atomic E-state index is 6.23. The molecule has 0 saturated heterocycles. The predicted molar refractivity (Wildman–Crippen MR) is 62.5 cm³/mol. The first-order valence-electron chi connectivity index (χ1n) is 5.40. The van der Waals surface area contributed by atoms with Gasteiger partial charge in [0, 0.05) is 0 Å². The topological polar surface area (TPSA) is 9.23 Å². The summed E-state index contributed by atoms with van der Waals surface area (Å²) in [6.07, 6.45) is 10.4. The van der Waals surface area contributed by atoms with E-state index in [-0.39, 0.29) is 5.60 Å². The summed E-state index contributed by atoms with van der Waals surface area (Å²) in [5.41, 5.74) is 4.30. The number of rotatable bonds is 4. The highest BCUT2D eigenvalue weighted by molar-refractivity contribution is 6.63. The van der Waals surface area contributed by atoms with Crippen LogP contribution >= 0.6 is 0 Å². The fourth-order valence-corrected chi connectivity index (χ4v) is 4.02. The predicted octanol–water partition coefficient (Wildman–Crippen LogP) is 2.68. The number of fused-ring (bicyclic) bond motifs is 2. The Balaban J connectivity index is 2.02. The van der Waals surface area contributed by atoms with Gasteiger partial charge in [-0.2, -0.15) is 0 Å². The van der Waals surface area contributed by atoms with Crippen molar-refractivity contribution in [3.8, 4) is 0 Å². The standard InChI is InChI=1S/C12H18OSi/c1-3-9-14(4-2)13-12-7-5-11(10-12)6-8-12/h3-5,7,9,11,14H,2,6,8,10H2,1H3. The molecule has 0 spiro atoms. The highest BCUT2D eigenvalue weighted by atomic mass is 28.3. The van der Waals surface area contributed by atoms with Gasteiger partial charge in [-0.05, 0) is 32.1 Å². The van der Waals surface area contributed by atoms with E-state index >= 15 is 0 Å². The highest BCUT2D eigenvalue weighted by Crippen LogP contribution is 2.45. The Hall–Kier alpha value is -0.603. The molecule has 2 aliphatic rings. The second kappa shape index (κ2) is 3.87. The molecule has 2 heteroatoms. The van der Waals surface area contributed by atoms with Crippen LogP contribution in [0.5, 0.6) is 0 Å². The Morgan fingerprint density at radius 3 is 2.93 bits per heavy atom. The molecule has 0 aromatic rings. The molecule has 0 radical (unpaired) electrons. The Morgan fingerprint density at radius 2 is 2.50 bits per heavy atom. The molecule has 0 aliphatic heterocycles. The summed E-state index contributed by atoms with van der Waals surface area (Å²) in [6.45, 7) is 5.91. The van der Waals surface area contributed by atoms with Crippen molar-refractivity contribution in [1.82, 2.24) is 0 Å². The number of allylic oxidation sites excluding steroid dienone is 2. The lowest BCUT2D eigenvalue weighted by molar-refractivity contribution is 0.136. The van der Waals surface area contributed by atoms with Crippen LogP contribution in [0.4, 0.5) is 0 Å². The fourth-order valence-electron chi connectivity index (χ4n) is 2.48. The normalized spacial score (nSPS) is 36.8. The van der Waals surface area contributed by atoms with Crippen LogP contribution in [0, 0.1) is 5.92 Å². The summed E-state index contributed by atoms with van der Waals surface area (Å²) < 4.78 is 6.23. The van der Waals surface area contributed by atoms with Gasteiger partial charge in [-0.15, -0.1) is 6.58 Å².